The summed E-state index contributed by atoms with van der Waals surface area (Å²) in [5.41, 5.74) is 2.43. The van der Waals surface area contributed by atoms with Gasteiger partial charge in [-0.2, -0.15) is 18.3 Å². The van der Waals surface area contributed by atoms with Crippen molar-refractivity contribution in [3.8, 4) is 11.1 Å². The van der Waals surface area contributed by atoms with Gasteiger partial charge >= 0.3 is 6.18 Å². The van der Waals surface area contributed by atoms with Gasteiger partial charge in [0.1, 0.15) is 23.8 Å². The Morgan fingerprint density at radius 2 is 1.93 bits per heavy atom. The maximum atomic E-state index is 14.1. The Labute approximate surface area is 242 Å². The molecule has 2 aliphatic rings. The number of halogens is 5. The van der Waals surface area contributed by atoms with Crippen LogP contribution in [0.1, 0.15) is 53.0 Å². The first-order valence-electron chi connectivity index (χ1n) is 13.9. The fourth-order valence-corrected chi connectivity index (χ4v) is 6.34. The molecule has 1 saturated carbocycles. The SMILES string of the molecule is O=C(Cn1nc(C(F)(F)F)c2c1C1CC1CC2)NC(Cc1cc(F)cc(F)c1)c1ncccc1-c1cnc2[nH]ccc2c1. The van der Waals surface area contributed by atoms with Gasteiger partial charge in [0.25, 0.3) is 0 Å². The molecule has 1 amide bonds. The minimum Gasteiger partial charge on any atom is -0.346 e. The van der Waals surface area contributed by atoms with Crippen LogP contribution in [0.5, 0.6) is 0 Å². The molecule has 5 aromatic rings. The van der Waals surface area contributed by atoms with Crippen molar-refractivity contribution in [2.45, 2.75) is 50.4 Å². The number of benzene rings is 1. The van der Waals surface area contributed by atoms with Gasteiger partial charge in [-0.15, -0.1) is 0 Å². The van der Waals surface area contributed by atoms with E-state index in [1.165, 1.54) is 16.8 Å². The second-order valence-corrected chi connectivity index (χ2v) is 11.2. The molecule has 7 rings (SSSR count). The first-order valence-corrected chi connectivity index (χ1v) is 13.9. The topological polar surface area (TPSA) is 88.5 Å². The monoisotopic (exact) mass is 592 g/mol. The van der Waals surface area contributed by atoms with Gasteiger partial charge in [-0.25, -0.2) is 13.8 Å². The average Bonchev–Trinajstić information content (AvgIpc) is 3.42. The number of carbonyl (C=O) groups is 1. The van der Waals surface area contributed by atoms with Crippen molar-refractivity contribution in [1.29, 1.82) is 0 Å². The third-order valence-electron chi connectivity index (χ3n) is 8.27. The van der Waals surface area contributed by atoms with Crippen LogP contribution in [0, 0.1) is 17.6 Å². The second kappa shape index (κ2) is 10.3. The molecule has 2 N–H and O–H groups in total. The standard InChI is InChI=1S/C31H25F5N6O/c32-20-8-16(9-21(33)13-20)10-25(27-22(2-1-6-37-27)19-11-18-5-7-38-30(18)39-14-19)40-26(43)15-42-28-23(4-3-17-12-24(17)28)29(41-42)31(34,35)36/h1-2,5-9,11,13-14,17,24-25H,3-4,10,12,15H2,(H,38,39)(H,40,43). The Hall–Kier alpha value is -4.61. The van der Waals surface area contributed by atoms with E-state index < -0.39 is 42.0 Å². The van der Waals surface area contributed by atoms with Crippen LogP contribution >= 0.6 is 0 Å². The molecular weight excluding hydrogens is 567 g/mol. The van der Waals surface area contributed by atoms with Gasteiger partial charge in [-0.05, 0) is 67.5 Å². The van der Waals surface area contributed by atoms with E-state index in [1.54, 1.807) is 30.7 Å². The number of alkyl halides is 3. The summed E-state index contributed by atoms with van der Waals surface area (Å²) in [6.45, 7) is -0.436. The molecule has 12 heteroatoms. The van der Waals surface area contributed by atoms with Gasteiger partial charge in [0.05, 0.1) is 11.7 Å². The highest BCUT2D eigenvalue weighted by atomic mass is 19.4. The van der Waals surface area contributed by atoms with Crippen molar-refractivity contribution >= 4 is 16.9 Å². The van der Waals surface area contributed by atoms with Gasteiger partial charge in [0, 0.05) is 58.3 Å². The van der Waals surface area contributed by atoms with Gasteiger partial charge in [0.15, 0.2) is 5.69 Å². The first kappa shape index (κ1) is 27.2. The second-order valence-electron chi connectivity index (χ2n) is 11.2. The molecule has 220 valence electrons. The molecule has 1 aromatic carbocycles. The molecule has 4 aromatic heterocycles. The number of aromatic nitrogens is 5. The van der Waals surface area contributed by atoms with E-state index in [1.807, 2.05) is 12.1 Å². The van der Waals surface area contributed by atoms with Gasteiger partial charge in [-0.1, -0.05) is 6.07 Å². The van der Waals surface area contributed by atoms with E-state index in [-0.39, 0.29) is 29.9 Å². The third-order valence-corrected chi connectivity index (χ3v) is 8.27. The Kier molecular flexibility index (Phi) is 6.51. The van der Waals surface area contributed by atoms with Gasteiger partial charge < -0.3 is 10.3 Å². The molecule has 4 heterocycles. The molecule has 0 spiro atoms. The normalized spacial score (nSPS) is 18.3. The number of aromatic amines is 1. The van der Waals surface area contributed by atoms with Crippen molar-refractivity contribution < 1.29 is 26.7 Å². The van der Waals surface area contributed by atoms with E-state index in [2.05, 4.69) is 25.4 Å². The van der Waals surface area contributed by atoms with Crippen LogP contribution in [0.25, 0.3) is 22.2 Å². The van der Waals surface area contributed by atoms with Gasteiger partial charge in [-0.3, -0.25) is 14.5 Å². The van der Waals surface area contributed by atoms with Crippen molar-refractivity contribution in [1.82, 2.24) is 30.0 Å². The molecule has 0 bridgehead atoms. The Morgan fingerprint density at radius 1 is 1.12 bits per heavy atom. The number of hydrogen-bond donors (Lipinski definition) is 2. The summed E-state index contributed by atoms with van der Waals surface area (Å²) >= 11 is 0. The largest absolute Gasteiger partial charge is 0.435 e. The summed E-state index contributed by atoms with van der Waals surface area (Å²) in [6, 6.07) is 9.51. The average molecular weight is 593 g/mol. The minimum absolute atomic E-state index is 0.0278. The summed E-state index contributed by atoms with van der Waals surface area (Å²) < 4.78 is 71.0. The van der Waals surface area contributed by atoms with E-state index in [9.17, 15) is 26.7 Å². The van der Waals surface area contributed by atoms with Crippen LogP contribution in [0.2, 0.25) is 0 Å². The number of H-pyrrole nitrogens is 1. The Balaban J connectivity index is 1.24. The Morgan fingerprint density at radius 3 is 2.72 bits per heavy atom. The summed E-state index contributed by atoms with van der Waals surface area (Å²) in [5, 5.41) is 7.59. The zero-order valence-electron chi connectivity index (χ0n) is 22.6. The Bertz CT molecular complexity index is 1840. The maximum absolute atomic E-state index is 14.1. The van der Waals surface area contributed by atoms with E-state index >= 15 is 0 Å². The van der Waals surface area contributed by atoms with Crippen molar-refractivity contribution in [3.63, 3.8) is 0 Å². The molecule has 3 atom stereocenters. The van der Waals surface area contributed by atoms with E-state index in [0.717, 1.165) is 17.9 Å². The first-order chi connectivity index (χ1) is 20.6. The number of rotatable bonds is 7. The predicted molar refractivity (Wildman–Crippen MR) is 147 cm³/mol. The number of nitrogens with zero attached hydrogens (tertiary/aromatic N) is 4. The predicted octanol–water partition coefficient (Wildman–Crippen LogP) is 6.27. The molecule has 3 unspecified atom stereocenters. The van der Waals surface area contributed by atoms with Crippen molar-refractivity contribution in [2.24, 2.45) is 5.92 Å². The lowest BCUT2D eigenvalue weighted by molar-refractivity contribution is -0.142. The quantitative estimate of drug-likeness (QED) is 0.218. The molecular formula is C31H25F5N6O. The highest BCUT2D eigenvalue weighted by Gasteiger charge is 2.49. The number of pyridine rings is 2. The smallest absolute Gasteiger partial charge is 0.346 e. The maximum Gasteiger partial charge on any atom is 0.435 e. The van der Waals surface area contributed by atoms with Crippen LogP contribution in [0.15, 0.2) is 61.1 Å². The number of fused-ring (bicyclic) bond motifs is 4. The van der Waals surface area contributed by atoms with E-state index in [0.29, 0.717) is 40.5 Å². The molecule has 0 aliphatic heterocycles. The van der Waals surface area contributed by atoms with Gasteiger partial charge in [0.2, 0.25) is 5.91 Å². The molecule has 7 nitrogen and oxygen atoms in total. The van der Waals surface area contributed by atoms with Crippen LogP contribution in [0.4, 0.5) is 22.0 Å². The summed E-state index contributed by atoms with van der Waals surface area (Å²) in [6.07, 6.45) is 2.03. The number of nitrogens with one attached hydrogen (secondary N) is 2. The van der Waals surface area contributed by atoms with Crippen LogP contribution in [-0.2, 0) is 30.4 Å². The van der Waals surface area contributed by atoms with Crippen molar-refractivity contribution in [3.05, 3.63) is 101 Å². The number of hydrogen-bond acceptors (Lipinski definition) is 4. The summed E-state index contributed by atoms with van der Waals surface area (Å²) in [7, 11) is 0. The third kappa shape index (κ3) is 5.26. The molecule has 0 saturated heterocycles. The lowest BCUT2D eigenvalue weighted by Gasteiger charge is -2.22. The zero-order chi connectivity index (χ0) is 29.9. The summed E-state index contributed by atoms with van der Waals surface area (Å²) in [5.74, 6) is -1.87. The minimum atomic E-state index is -4.63. The highest BCUT2D eigenvalue weighted by Crippen LogP contribution is 2.56. The van der Waals surface area contributed by atoms with E-state index in [4.69, 9.17) is 0 Å². The lowest BCUT2D eigenvalue weighted by Crippen LogP contribution is -2.34. The highest BCUT2D eigenvalue weighted by molar-refractivity contribution is 5.82. The fraction of sp³-hybridized carbons (Fsp3) is 0.290. The number of amides is 1. The molecule has 0 radical (unpaired) electrons. The molecule has 1 fully saturated rings. The van der Waals surface area contributed by atoms with Crippen LogP contribution < -0.4 is 5.32 Å². The summed E-state index contributed by atoms with van der Waals surface area (Å²) in [4.78, 5) is 25.5. The molecule has 43 heavy (non-hydrogen) atoms. The lowest BCUT2D eigenvalue weighted by atomic mass is 9.95. The van der Waals surface area contributed by atoms with Crippen LogP contribution in [-0.4, -0.2) is 30.6 Å². The zero-order valence-corrected chi connectivity index (χ0v) is 22.6. The fourth-order valence-electron chi connectivity index (χ4n) is 6.34. The van der Waals surface area contributed by atoms with Crippen molar-refractivity contribution in [2.75, 3.05) is 0 Å². The number of carbonyl (C=O) groups excluding carboxylic acids is 1. The van der Waals surface area contributed by atoms with Crippen LogP contribution in [0.3, 0.4) is 0 Å². The molecule has 2 aliphatic carbocycles.